The van der Waals surface area contributed by atoms with E-state index in [1.165, 1.54) is 4.90 Å². The van der Waals surface area contributed by atoms with Gasteiger partial charge in [0.2, 0.25) is 5.91 Å². The topological polar surface area (TPSA) is 70.1 Å². The van der Waals surface area contributed by atoms with Crippen molar-refractivity contribution in [1.82, 2.24) is 9.80 Å². The van der Waals surface area contributed by atoms with Crippen molar-refractivity contribution in [2.24, 2.45) is 11.8 Å². The van der Waals surface area contributed by atoms with Gasteiger partial charge in [-0.25, -0.2) is 4.79 Å². The van der Waals surface area contributed by atoms with Gasteiger partial charge in [0.1, 0.15) is 5.72 Å². The molecule has 3 saturated heterocycles. The van der Waals surface area contributed by atoms with Crippen molar-refractivity contribution in [3.05, 3.63) is 0 Å². The van der Waals surface area contributed by atoms with Crippen LogP contribution in [-0.2, 0) is 9.53 Å². The molecule has 6 heteroatoms. The van der Waals surface area contributed by atoms with Gasteiger partial charge in [0.25, 0.3) is 0 Å². The Bertz CT molecular complexity index is 439. The highest BCUT2D eigenvalue weighted by molar-refractivity contribution is 5.79. The predicted octanol–water partition coefficient (Wildman–Crippen LogP) is 1.36. The smallest absolute Gasteiger partial charge is 0.407 e. The van der Waals surface area contributed by atoms with Crippen LogP contribution in [0.5, 0.6) is 0 Å². The van der Waals surface area contributed by atoms with Gasteiger partial charge in [0.05, 0.1) is 12.6 Å². The third kappa shape index (κ3) is 1.81. The average Bonchev–Trinajstić information content (AvgIpc) is 2.78. The molecule has 0 saturated carbocycles. The van der Waals surface area contributed by atoms with E-state index in [1.807, 2.05) is 4.90 Å². The summed E-state index contributed by atoms with van der Waals surface area (Å²) in [4.78, 5) is 26.9. The summed E-state index contributed by atoms with van der Waals surface area (Å²) in [5.74, 6) is 0.629. The molecule has 0 aromatic carbocycles. The predicted molar refractivity (Wildman–Crippen MR) is 71.1 cm³/mol. The minimum Gasteiger partial charge on any atom is -0.465 e. The van der Waals surface area contributed by atoms with Crippen molar-refractivity contribution in [2.45, 2.75) is 44.9 Å². The standard InChI is InChI=1S/C14H22N2O4/c1-9(2)11-8-20-14-5-6-15(13(18)19)7-10(14)3-4-12(17)16(11)14/h9-11H,3-8H2,1-2H3,(H,18,19)/t10?,11-,14?/m0/s1. The molecular weight excluding hydrogens is 260 g/mol. The number of hydrogen-bond donors (Lipinski definition) is 1. The second-order valence-corrected chi connectivity index (χ2v) is 6.45. The fraction of sp³-hybridized carbons (Fsp3) is 0.857. The molecule has 0 aromatic heterocycles. The number of rotatable bonds is 1. The van der Waals surface area contributed by atoms with E-state index in [4.69, 9.17) is 9.84 Å². The second-order valence-electron chi connectivity index (χ2n) is 6.45. The van der Waals surface area contributed by atoms with Crippen molar-refractivity contribution < 1.29 is 19.4 Å². The number of carboxylic acid groups (broad SMARTS) is 1. The molecule has 1 spiro atoms. The molecular formula is C14H22N2O4. The Hall–Kier alpha value is -1.30. The van der Waals surface area contributed by atoms with Gasteiger partial charge in [-0.15, -0.1) is 0 Å². The van der Waals surface area contributed by atoms with Crippen LogP contribution < -0.4 is 0 Å². The van der Waals surface area contributed by atoms with E-state index in [2.05, 4.69) is 13.8 Å². The fourth-order valence-corrected chi connectivity index (χ4v) is 3.96. The first kappa shape index (κ1) is 13.7. The van der Waals surface area contributed by atoms with Crippen LogP contribution in [0.1, 0.15) is 33.1 Å². The first-order valence-corrected chi connectivity index (χ1v) is 7.39. The Balaban J connectivity index is 1.89. The molecule has 6 nitrogen and oxygen atoms in total. The summed E-state index contributed by atoms with van der Waals surface area (Å²) in [5.41, 5.74) is -0.545. The number of nitrogens with zero attached hydrogens (tertiary/aromatic N) is 2. The summed E-state index contributed by atoms with van der Waals surface area (Å²) >= 11 is 0. The summed E-state index contributed by atoms with van der Waals surface area (Å²) < 4.78 is 6.11. The van der Waals surface area contributed by atoms with Gasteiger partial charge in [-0.2, -0.15) is 0 Å². The lowest BCUT2D eigenvalue weighted by Gasteiger charge is -2.52. The van der Waals surface area contributed by atoms with Crippen LogP contribution in [0.2, 0.25) is 0 Å². The Morgan fingerprint density at radius 1 is 1.50 bits per heavy atom. The van der Waals surface area contributed by atoms with Crippen molar-refractivity contribution in [3.8, 4) is 0 Å². The highest BCUT2D eigenvalue weighted by Crippen LogP contribution is 2.47. The number of carbonyl (C=O) groups is 2. The summed E-state index contributed by atoms with van der Waals surface area (Å²) in [5, 5.41) is 9.16. The molecule has 20 heavy (non-hydrogen) atoms. The fourth-order valence-electron chi connectivity index (χ4n) is 3.96. The van der Waals surface area contributed by atoms with E-state index in [0.717, 1.165) is 6.42 Å². The number of ether oxygens (including phenoxy) is 1. The molecule has 0 bridgehead atoms. The van der Waals surface area contributed by atoms with Crippen LogP contribution in [0.25, 0.3) is 0 Å². The summed E-state index contributed by atoms with van der Waals surface area (Å²) in [6.45, 7) is 5.71. The van der Waals surface area contributed by atoms with Gasteiger partial charge in [-0.05, 0) is 12.3 Å². The molecule has 3 aliphatic heterocycles. The summed E-state index contributed by atoms with van der Waals surface area (Å²) in [7, 11) is 0. The minimum absolute atomic E-state index is 0.105. The quantitative estimate of drug-likeness (QED) is 0.788. The Labute approximate surface area is 118 Å². The van der Waals surface area contributed by atoms with Gasteiger partial charge in [0.15, 0.2) is 0 Å². The SMILES string of the molecule is CC(C)[C@@H]1COC23CCN(C(=O)O)CC2CCC(=O)N13. The first-order chi connectivity index (χ1) is 9.45. The molecule has 3 fully saturated rings. The summed E-state index contributed by atoms with van der Waals surface area (Å²) in [6, 6.07) is 0.127. The van der Waals surface area contributed by atoms with Crippen molar-refractivity contribution in [1.29, 1.82) is 0 Å². The van der Waals surface area contributed by atoms with Gasteiger partial charge < -0.3 is 19.6 Å². The maximum atomic E-state index is 12.4. The molecule has 0 aliphatic carbocycles. The highest BCUT2D eigenvalue weighted by atomic mass is 16.5. The number of amides is 2. The average molecular weight is 282 g/mol. The van der Waals surface area contributed by atoms with Crippen LogP contribution in [-0.4, -0.2) is 58.4 Å². The molecule has 1 N–H and O–H groups in total. The molecule has 2 unspecified atom stereocenters. The lowest BCUT2D eigenvalue weighted by atomic mass is 9.79. The number of carbonyl (C=O) groups excluding carboxylic acids is 1. The third-order valence-electron chi connectivity index (χ3n) is 5.08. The molecule has 3 aliphatic rings. The van der Waals surface area contributed by atoms with Crippen LogP contribution in [0.3, 0.4) is 0 Å². The molecule has 0 aromatic rings. The largest absolute Gasteiger partial charge is 0.465 e. The number of hydrogen-bond acceptors (Lipinski definition) is 3. The monoisotopic (exact) mass is 282 g/mol. The zero-order chi connectivity index (χ0) is 14.5. The van der Waals surface area contributed by atoms with E-state index < -0.39 is 11.8 Å². The molecule has 3 heterocycles. The van der Waals surface area contributed by atoms with E-state index in [9.17, 15) is 9.59 Å². The zero-order valence-electron chi connectivity index (χ0n) is 12.0. The normalized spacial score (nSPS) is 37.0. The highest BCUT2D eigenvalue weighted by Gasteiger charge is 2.59. The van der Waals surface area contributed by atoms with Crippen LogP contribution >= 0.6 is 0 Å². The maximum absolute atomic E-state index is 12.4. The van der Waals surface area contributed by atoms with Gasteiger partial charge >= 0.3 is 6.09 Å². The molecule has 2 amide bonds. The van der Waals surface area contributed by atoms with E-state index >= 15 is 0 Å². The van der Waals surface area contributed by atoms with Crippen LogP contribution in [0, 0.1) is 11.8 Å². The van der Waals surface area contributed by atoms with Crippen LogP contribution in [0.15, 0.2) is 0 Å². The van der Waals surface area contributed by atoms with Crippen molar-refractivity contribution in [3.63, 3.8) is 0 Å². The second kappa shape index (κ2) is 4.62. The van der Waals surface area contributed by atoms with Crippen molar-refractivity contribution in [2.75, 3.05) is 19.7 Å². The Kier molecular flexibility index (Phi) is 3.16. The van der Waals surface area contributed by atoms with Gasteiger partial charge in [0, 0.05) is 31.8 Å². The Morgan fingerprint density at radius 3 is 2.90 bits per heavy atom. The summed E-state index contributed by atoms with van der Waals surface area (Å²) in [6.07, 6.45) is 0.955. The maximum Gasteiger partial charge on any atom is 0.407 e. The van der Waals surface area contributed by atoms with Gasteiger partial charge in [-0.1, -0.05) is 13.8 Å². The molecule has 0 radical (unpaired) electrons. The van der Waals surface area contributed by atoms with E-state index in [-0.39, 0.29) is 17.9 Å². The Morgan fingerprint density at radius 2 is 2.25 bits per heavy atom. The van der Waals surface area contributed by atoms with Crippen LogP contribution in [0.4, 0.5) is 4.79 Å². The van der Waals surface area contributed by atoms with Crippen molar-refractivity contribution >= 4 is 12.0 Å². The van der Waals surface area contributed by atoms with E-state index in [0.29, 0.717) is 38.5 Å². The number of piperidine rings is 2. The lowest BCUT2D eigenvalue weighted by Crippen LogP contribution is -2.65. The molecule has 3 rings (SSSR count). The first-order valence-electron chi connectivity index (χ1n) is 7.39. The minimum atomic E-state index is -0.873. The molecule has 3 atom stereocenters. The number of likely N-dealkylation sites (tertiary alicyclic amines) is 1. The zero-order valence-corrected chi connectivity index (χ0v) is 12.0. The lowest BCUT2D eigenvalue weighted by molar-refractivity contribution is -0.190. The third-order valence-corrected chi connectivity index (χ3v) is 5.08. The van der Waals surface area contributed by atoms with Gasteiger partial charge in [-0.3, -0.25) is 4.79 Å². The molecule has 112 valence electrons. The van der Waals surface area contributed by atoms with E-state index in [1.54, 1.807) is 0 Å².